The van der Waals surface area contributed by atoms with Gasteiger partial charge in [0, 0.05) is 20.7 Å². The number of hydrogen-bond acceptors (Lipinski definition) is 3. The van der Waals surface area contributed by atoms with Gasteiger partial charge in [-0.1, -0.05) is 34.1 Å². The summed E-state index contributed by atoms with van der Waals surface area (Å²) < 4.78 is 6.51. The number of benzene rings is 2. The molecule has 0 fully saturated rings. The van der Waals surface area contributed by atoms with Crippen LogP contribution in [0, 0.1) is 0 Å². The van der Waals surface area contributed by atoms with E-state index in [-0.39, 0.29) is 6.04 Å². The van der Waals surface area contributed by atoms with Crippen molar-refractivity contribution < 1.29 is 4.74 Å². The molecule has 0 amide bonds. The topological polar surface area (TPSA) is 35.2 Å². The summed E-state index contributed by atoms with van der Waals surface area (Å²) >= 11 is 5.42. The molecule has 3 rings (SSSR count). The van der Waals surface area contributed by atoms with E-state index in [1.807, 2.05) is 23.9 Å². The first kappa shape index (κ1) is 14.9. The highest BCUT2D eigenvalue weighted by Gasteiger charge is 2.27. The first-order chi connectivity index (χ1) is 10.2. The zero-order valence-corrected chi connectivity index (χ0v) is 14.3. The molecule has 4 heteroatoms. The zero-order valence-electron chi connectivity index (χ0n) is 11.9. The number of thioether (sulfide) groups is 1. The predicted octanol–water partition coefficient (Wildman–Crippen LogP) is 4.04. The standard InChI is InChI=1S/C17H18BrNOS/c1-20-15-7-6-13(18)8-12(15)9-14(19)17-10-11-4-2-3-5-16(11)21-17/h2-8,14,17H,9-10,19H2,1H3. The number of ether oxygens (including phenoxy) is 1. The molecule has 1 heterocycles. The van der Waals surface area contributed by atoms with Gasteiger partial charge in [-0.2, -0.15) is 0 Å². The van der Waals surface area contributed by atoms with Crippen LogP contribution >= 0.6 is 27.7 Å². The van der Waals surface area contributed by atoms with Crippen LogP contribution in [0.2, 0.25) is 0 Å². The van der Waals surface area contributed by atoms with Gasteiger partial charge >= 0.3 is 0 Å². The van der Waals surface area contributed by atoms with E-state index in [0.29, 0.717) is 5.25 Å². The van der Waals surface area contributed by atoms with Crippen molar-refractivity contribution >= 4 is 27.7 Å². The van der Waals surface area contributed by atoms with E-state index >= 15 is 0 Å². The van der Waals surface area contributed by atoms with Crippen LogP contribution in [-0.4, -0.2) is 18.4 Å². The lowest BCUT2D eigenvalue weighted by atomic mass is 9.99. The van der Waals surface area contributed by atoms with Gasteiger partial charge in [-0.25, -0.2) is 0 Å². The van der Waals surface area contributed by atoms with Gasteiger partial charge in [-0.05, 0) is 48.2 Å². The quantitative estimate of drug-likeness (QED) is 0.889. The summed E-state index contributed by atoms with van der Waals surface area (Å²) in [4.78, 5) is 1.37. The van der Waals surface area contributed by atoms with Gasteiger partial charge in [0.2, 0.25) is 0 Å². The fourth-order valence-corrected chi connectivity index (χ4v) is 4.47. The van der Waals surface area contributed by atoms with Gasteiger partial charge in [0.25, 0.3) is 0 Å². The second-order valence-electron chi connectivity index (χ2n) is 5.29. The van der Waals surface area contributed by atoms with Crippen LogP contribution < -0.4 is 10.5 Å². The molecule has 2 aromatic carbocycles. The molecule has 0 saturated heterocycles. The van der Waals surface area contributed by atoms with Crippen molar-refractivity contribution in [1.29, 1.82) is 0 Å². The second kappa shape index (κ2) is 6.42. The van der Waals surface area contributed by atoms with E-state index in [9.17, 15) is 0 Å². The van der Waals surface area contributed by atoms with Crippen LogP contribution in [0.3, 0.4) is 0 Å². The first-order valence-electron chi connectivity index (χ1n) is 7.00. The molecular formula is C17H18BrNOS. The maximum atomic E-state index is 6.47. The Labute approximate surface area is 138 Å². The van der Waals surface area contributed by atoms with Crippen molar-refractivity contribution in [3.8, 4) is 5.75 Å². The SMILES string of the molecule is COc1ccc(Br)cc1CC(N)C1Cc2ccccc2S1. The average molecular weight is 364 g/mol. The number of halogens is 1. The van der Waals surface area contributed by atoms with Crippen LogP contribution in [0.1, 0.15) is 11.1 Å². The van der Waals surface area contributed by atoms with E-state index < -0.39 is 0 Å². The lowest BCUT2D eigenvalue weighted by molar-refractivity contribution is 0.407. The minimum Gasteiger partial charge on any atom is -0.496 e. The Bertz CT molecular complexity index is 621. The van der Waals surface area contributed by atoms with E-state index in [0.717, 1.165) is 28.6 Å². The predicted molar refractivity (Wildman–Crippen MR) is 92.2 cm³/mol. The summed E-state index contributed by atoms with van der Waals surface area (Å²) in [6.45, 7) is 0. The molecule has 0 spiro atoms. The van der Waals surface area contributed by atoms with Crippen LogP contribution in [0.4, 0.5) is 0 Å². The molecule has 2 atom stereocenters. The third-order valence-corrected chi connectivity index (χ3v) is 5.81. The molecule has 2 N–H and O–H groups in total. The summed E-state index contributed by atoms with van der Waals surface area (Å²) in [6.07, 6.45) is 1.88. The molecule has 2 unspecified atom stereocenters. The smallest absolute Gasteiger partial charge is 0.122 e. The van der Waals surface area contributed by atoms with Crippen LogP contribution in [0.5, 0.6) is 5.75 Å². The molecule has 110 valence electrons. The number of nitrogens with two attached hydrogens (primary N) is 1. The lowest BCUT2D eigenvalue weighted by Gasteiger charge is -2.19. The Hall–Kier alpha value is -0.970. The normalized spacial score (nSPS) is 18.3. The minimum absolute atomic E-state index is 0.116. The van der Waals surface area contributed by atoms with Crippen molar-refractivity contribution in [3.05, 3.63) is 58.1 Å². The first-order valence-corrected chi connectivity index (χ1v) is 8.67. The van der Waals surface area contributed by atoms with E-state index in [2.05, 4.69) is 46.3 Å². The van der Waals surface area contributed by atoms with Gasteiger partial charge in [-0.3, -0.25) is 0 Å². The molecule has 0 aliphatic carbocycles. The minimum atomic E-state index is 0.116. The highest BCUT2D eigenvalue weighted by molar-refractivity contribution is 9.10. The van der Waals surface area contributed by atoms with Crippen molar-refractivity contribution in [2.45, 2.75) is 29.0 Å². The molecule has 2 nitrogen and oxygen atoms in total. The summed E-state index contributed by atoms with van der Waals surface area (Å²) in [5.41, 5.74) is 9.06. The number of methoxy groups -OCH3 is 1. The second-order valence-corrected chi connectivity index (χ2v) is 7.49. The molecule has 0 radical (unpaired) electrons. The van der Waals surface area contributed by atoms with Crippen LogP contribution in [0.15, 0.2) is 51.8 Å². The van der Waals surface area contributed by atoms with Gasteiger partial charge in [-0.15, -0.1) is 11.8 Å². The Morgan fingerprint density at radius 3 is 2.90 bits per heavy atom. The molecule has 2 aromatic rings. The Kier molecular flexibility index (Phi) is 4.57. The molecule has 0 saturated carbocycles. The zero-order chi connectivity index (χ0) is 14.8. The van der Waals surface area contributed by atoms with Crippen molar-refractivity contribution in [2.75, 3.05) is 7.11 Å². The maximum Gasteiger partial charge on any atom is 0.122 e. The molecule has 1 aliphatic heterocycles. The Morgan fingerprint density at radius 1 is 1.33 bits per heavy atom. The molecule has 21 heavy (non-hydrogen) atoms. The van der Waals surface area contributed by atoms with Gasteiger partial charge in [0.15, 0.2) is 0 Å². The molecule has 1 aliphatic rings. The maximum absolute atomic E-state index is 6.47. The third-order valence-electron chi connectivity index (χ3n) is 3.85. The monoisotopic (exact) mass is 363 g/mol. The van der Waals surface area contributed by atoms with Crippen molar-refractivity contribution in [3.63, 3.8) is 0 Å². The number of rotatable bonds is 4. The van der Waals surface area contributed by atoms with E-state index in [4.69, 9.17) is 10.5 Å². The van der Waals surface area contributed by atoms with E-state index in [1.165, 1.54) is 10.5 Å². The highest BCUT2D eigenvalue weighted by atomic mass is 79.9. The number of fused-ring (bicyclic) bond motifs is 1. The van der Waals surface area contributed by atoms with Crippen LogP contribution in [0.25, 0.3) is 0 Å². The summed E-state index contributed by atoms with van der Waals surface area (Å²) in [5, 5.41) is 0.436. The van der Waals surface area contributed by atoms with E-state index in [1.54, 1.807) is 7.11 Å². The molecule has 0 aromatic heterocycles. The van der Waals surface area contributed by atoms with Gasteiger partial charge in [0.05, 0.1) is 7.11 Å². The molecule has 0 bridgehead atoms. The van der Waals surface area contributed by atoms with Gasteiger partial charge in [0.1, 0.15) is 5.75 Å². The summed E-state index contributed by atoms with van der Waals surface area (Å²) in [7, 11) is 1.71. The van der Waals surface area contributed by atoms with Gasteiger partial charge < -0.3 is 10.5 Å². The Balaban J connectivity index is 1.73. The fourth-order valence-electron chi connectivity index (χ4n) is 2.74. The van der Waals surface area contributed by atoms with Crippen molar-refractivity contribution in [2.24, 2.45) is 5.73 Å². The average Bonchev–Trinajstić information content (AvgIpc) is 2.91. The Morgan fingerprint density at radius 2 is 2.14 bits per heavy atom. The lowest BCUT2D eigenvalue weighted by Crippen LogP contribution is -2.34. The van der Waals surface area contributed by atoms with Crippen molar-refractivity contribution in [1.82, 2.24) is 0 Å². The third kappa shape index (κ3) is 3.28. The fraction of sp³-hybridized carbons (Fsp3) is 0.294. The largest absolute Gasteiger partial charge is 0.496 e. The summed E-state index contributed by atoms with van der Waals surface area (Å²) in [5.74, 6) is 0.911. The van der Waals surface area contributed by atoms with Crippen LogP contribution in [-0.2, 0) is 12.8 Å². The molecular weight excluding hydrogens is 346 g/mol. The number of hydrogen-bond donors (Lipinski definition) is 1. The summed E-state index contributed by atoms with van der Waals surface area (Å²) in [6, 6.07) is 14.8. The highest BCUT2D eigenvalue weighted by Crippen LogP contribution is 2.39.